The molecule has 2 aromatic rings. The van der Waals surface area contributed by atoms with Gasteiger partial charge in [-0.25, -0.2) is 12.8 Å². The number of anilines is 1. The maximum atomic E-state index is 13.9. The predicted molar refractivity (Wildman–Crippen MR) is 111 cm³/mol. The summed E-state index contributed by atoms with van der Waals surface area (Å²) in [7, 11) is -3.55. The molecule has 0 unspecified atom stereocenters. The minimum Gasteiger partial charge on any atom is -0.323 e. The van der Waals surface area contributed by atoms with Crippen LogP contribution >= 0.6 is 15.9 Å². The largest absolute Gasteiger partial charge is 0.323 e. The molecular weight excluding hydrogens is 447 g/mol. The van der Waals surface area contributed by atoms with Gasteiger partial charge >= 0.3 is 0 Å². The lowest BCUT2D eigenvalue weighted by Gasteiger charge is -2.29. The Morgan fingerprint density at radius 3 is 2.46 bits per heavy atom. The number of rotatable bonds is 5. The molecule has 1 aliphatic rings. The third-order valence-electron chi connectivity index (χ3n) is 4.61. The van der Waals surface area contributed by atoms with Crippen molar-refractivity contribution in [2.45, 2.75) is 12.8 Å². The third-order valence-corrected chi connectivity index (χ3v) is 6.66. The maximum absolute atomic E-state index is 13.9. The lowest BCUT2D eigenvalue weighted by Crippen LogP contribution is -2.40. The summed E-state index contributed by atoms with van der Waals surface area (Å²) in [6.07, 6.45) is 2.34. The normalized spacial score (nSPS) is 16.4. The van der Waals surface area contributed by atoms with Crippen LogP contribution in [0.3, 0.4) is 0 Å². The average molecular weight is 467 g/mol. The van der Waals surface area contributed by atoms with Crippen molar-refractivity contribution in [1.29, 1.82) is 0 Å². The average Bonchev–Trinajstić information content (AvgIpc) is 2.69. The highest BCUT2D eigenvalue weighted by Crippen LogP contribution is 2.24. The Bertz CT molecular complexity index is 972. The van der Waals surface area contributed by atoms with Gasteiger partial charge in [0.2, 0.25) is 15.9 Å². The van der Waals surface area contributed by atoms with E-state index < -0.39 is 15.8 Å². The Hall–Kier alpha value is -2.03. The van der Waals surface area contributed by atoms with E-state index in [1.165, 1.54) is 21.8 Å². The summed E-state index contributed by atoms with van der Waals surface area (Å²) in [5.74, 6) is -1.17. The summed E-state index contributed by atoms with van der Waals surface area (Å²) in [4.78, 5) is 12.4. The van der Waals surface area contributed by atoms with Gasteiger partial charge in [-0.1, -0.05) is 46.3 Å². The van der Waals surface area contributed by atoms with Gasteiger partial charge in [0, 0.05) is 28.9 Å². The highest BCUT2D eigenvalue weighted by Gasteiger charge is 2.30. The number of carbonyl (C=O) groups is 1. The van der Waals surface area contributed by atoms with Crippen molar-refractivity contribution in [3.05, 3.63) is 69.8 Å². The molecule has 0 atom stereocenters. The van der Waals surface area contributed by atoms with Gasteiger partial charge in [0.25, 0.3) is 0 Å². The molecule has 28 heavy (non-hydrogen) atoms. The van der Waals surface area contributed by atoms with Crippen LogP contribution in [-0.4, -0.2) is 31.7 Å². The van der Waals surface area contributed by atoms with Gasteiger partial charge in [0.15, 0.2) is 0 Å². The van der Waals surface area contributed by atoms with Crippen LogP contribution in [-0.2, 0) is 14.8 Å². The first kappa shape index (κ1) is 20.7. The van der Waals surface area contributed by atoms with Crippen LogP contribution in [0.5, 0.6) is 0 Å². The molecule has 1 aliphatic heterocycles. The minimum absolute atomic E-state index is 0.119. The van der Waals surface area contributed by atoms with E-state index in [4.69, 9.17) is 0 Å². The molecule has 0 bridgehead atoms. The summed E-state index contributed by atoms with van der Waals surface area (Å²) in [6.45, 7) is 0.505. The van der Waals surface area contributed by atoms with Crippen molar-refractivity contribution in [3.8, 4) is 0 Å². The van der Waals surface area contributed by atoms with Crippen LogP contribution in [0.25, 0.3) is 6.08 Å². The van der Waals surface area contributed by atoms with Crippen LogP contribution in [0.15, 0.2) is 58.4 Å². The third kappa shape index (κ3) is 5.27. The van der Waals surface area contributed by atoms with Gasteiger partial charge in [-0.15, -0.1) is 0 Å². The number of amides is 1. The number of nitrogens with one attached hydrogen (secondary N) is 1. The number of halogens is 2. The first-order valence-electron chi connectivity index (χ1n) is 8.84. The van der Waals surface area contributed by atoms with Gasteiger partial charge in [0.1, 0.15) is 5.82 Å². The van der Waals surface area contributed by atoms with E-state index in [0.29, 0.717) is 17.3 Å². The number of hydrogen-bond donors (Lipinski definition) is 1. The second-order valence-corrected chi connectivity index (χ2v) is 9.28. The van der Waals surface area contributed by atoms with Crippen LogP contribution < -0.4 is 5.32 Å². The predicted octanol–water partition coefficient (Wildman–Crippen LogP) is 4.24. The minimum atomic E-state index is -3.55. The first-order valence-corrected chi connectivity index (χ1v) is 11.1. The van der Waals surface area contributed by atoms with Crippen molar-refractivity contribution < 1.29 is 17.6 Å². The zero-order chi connectivity index (χ0) is 20.1. The lowest BCUT2D eigenvalue weighted by atomic mass is 9.97. The molecule has 8 heteroatoms. The zero-order valence-corrected chi connectivity index (χ0v) is 17.4. The maximum Gasteiger partial charge on any atom is 0.236 e. The molecule has 1 N–H and O–H groups in total. The van der Waals surface area contributed by atoms with Crippen molar-refractivity contribution >= 4 is 43.6 Å². The number of benzene rings is 2. The van der Waals surface area contributed by atoms with E-state index in [2.05, 4.69) is 21.2 Å². The molecule has 0 radical (unpaired) electrons. The Labute approximate surface area is 172 Å². The van der Waals surface area contributed by atoms with Gasteiger partial charge < -0.3 is 5.32 Å². The SMILES string of the molecule is O=C(Nc1ccc(Br)cc1F)C1CCN(S(=O)(=O)/C=C/c2ccccc2)CC1. The smallest absolute Gasteiger partial charge is 0.236 e. The number of nitrogens with zero attached hydrogens (tertiary/aromatic N) is 1. The number of piperidine rings is 1. The molecule has 1 heterocycles. The number of hydrogen-bond acceptors (Lipinski definition) is 3. The summed E-state index contributed by atoms with van der Waals surface area (Å²) < 4.78 is 40.8. The molecule has 0 spiro atoms. The highest BCUT2D eigenvalue weighted by molar-refractivity contribution is 9.10. The van der Waals surface area contributed by atoms with Crippen molar-refractivity contribution in [1.82, 2.24) is 4.31 Å². The highest BCUT2D eigenvalue weighted by atomic mass is 79.9. The van der Waals surface area contributed by atoms with Crippen molar-refractivity contribution in [2.24, 2.45) is 5.92 Å². The fourth-order valence-electron chi connectivity index (χ4n) is 3.01. The molecule has 2 aromatic carbocycles. The quantitative estimate of drug-likeness (QED) is 0.716. The van der Waals surface area contributed by atoms with Gasteiger partial charge in [0.05, 0.1) is 5.69 Å². The Morgan fingerprint density at radius 1 is 1.14 bits per heavy atom. The molecule has 1 amide bonds. The molecule has 1 fully saturated rings. The molecule has 148 valence electrons. The molecule has 5 nitrogen and oxygen atoms in total. The van der Waals surface area contributed by atoms with Crippen molar-refractivity contribution in [2.75, 3.05) is 18.4 Å². The van der Waals surface area contributed by atoms with Crippen LogP contribution in [0.2, 0.25) is 0 Å². The first-order chi connectivity index (χ1) is 13.3. The summed E-state index contributed by atoms with van der Waals surface area (Å²) >= 11 is 3.17. The Morgan fingerprint density at radius 2 is 1.82 bits per heavy atom. The molecular formula is C20H20BrFN2O3S. The van der Waals surface area contributed by atoms with Crippen LogP contribution in [0, 0.1) is 11.7 Å². The van der Waals surface area contributed by atoms with Gasteiger partial charge in [-0.05, 0) is 42.7 Å². The van der Waals surface area contributed by atoms with Crippen LogP contribution in [0.4, 0.5) is 10.1 Å². The standard InChI is InChI=1S/C20H20BrFN2O3S/c21-17-6-7-19(18(22)14-17)23-20(25)16-8-11-24(12-9-16)28(26,27)13-10-15-4-2-1-3-5-15/h1-7,10,13-14,16H,8-9,11-12H2,(H,23,25)/b13-10+. The van der Waals surface area contributed by atoms with E-state index >= 15 is 0 Å². The second-order valence-electron chi connectivity index (χ2n) is 6.55. The Kier molecular flexibility index (Phi) is 6.64. The number of sulfonamides is 1. The molecule has 0 aromatic heterocycles. The molecule has 3 rings (SSSR count). The fourth-order valence-corrected chi connectivity index (χ4v) is 4.57. The summed E-state index contributed by atoms with van der Waals surface area (Å²) in [6, 6.07) is 13.6. The van der Waals surface area contributed by atoms with E-state index in [-0.39, 0.29) is 30.6 Å². The van der Waals surface area contributed by atoms with E-state index in [9.17, 15) is 17.6 Å². The Balaban J connectivity index is 1.57. The van der Waals surface area contributed by atoms with Crippen molar-refractivity contribution in [3.63, 3.8) is 0 Å². The summed E-state index contributed by atoms with van der Waals surface area (Å²) in [5.41, 5.74) is 0.922. The van der Waals surface area contributed by atoms with E-state index in [1.54, 1.807) is 12.1 Å². The molecule has 1 saturated heterocycles. The topological polar surface area (TPSA) is 66.5 Å². The zero-order valence-electron chi connectivity index (χ0n) is 15.0. The fraction of sp³-hybridized carbons (Fsp3) is 0.250. The lowest BCUT2D eigenvalue weighted by molar-refractivity contribution is -0.120. The number of carbonyl (C=O) groups excluding carboxylic acids is 1. The van der Waals surface area contributed by atoms with Gasteiger partial charge in [-0.3, -0.25) is 4.79 Å². The summed E-state index contributed by atoms with van der Waals surface area (Å²) in [5, 5.41) is 3.79. The van der Waals surface area contributed by atoms with E-state index in [0.717, 1.165) is 5.56 Å². The van der Waals surface area contributed by atoms with E-state index in [1.807, 2.05) is 30.3 Å². The second kappa shape index (κ2) is 8.98. The van der Waals surface area contributed by atoms with Crippen LogP contribution in [0.1, 0.15) is 18.4 Å². The van der Waals surface area contributed by atoms with Gasteiger partial charge in [-0.2, -0.15) is 4.31 Å². The molecule has 0 aliphatic carbocycles. The molecule has 0 saturated carbocycles. The monoisotopic (exact) mass is 466 g/mol.